The molecule has 0 aliphatic carbocycles. The average molecular weight is 506 g/mol. The van der Waals surface area contributed by atoms with Gasteiger partial charge in [-0.3, -0.25) is 9.59 Å². The van der Waals surface area contributed by atoms with Gasteiger partial charge in [-0.2, -0.15) is 0 Å². The Kier molecular flexibility index (Phi) is 12.0. The molecule has 2 rings (SSSR count). The molecule has 0 aromatic heterocycles. The van der Waals surface area contributed by atoms with Crippen LogP contribution in [0.4, 0.5) is 0 Å². The van der Waals surface area contributed by atoms with Gasteiger partial charge in [0.1, 0.15) is 5.76 Å². The number of aliphatic hydroxyl groups excluding tert-OH is 1. The fourth-order valence-corrected chi connectivity index (χ4v) is 4.28. The molecule has 37 heavy (non-hydrogen) atoms. The summed E-state index contributed by atoms with van der Waals surface area (Å²) in [5.74, 6) is -0.309. The smallest absolute Gasteiger partial charge is 0.250 e. The van der Waals surface area contributed by atoms with Gasteiger partial charge in [0.05, 0.1) is 5.41 Å². The first-order valence-corrected chi connectivity index (χ1v) is 12.5. The van der Waals surface area contributed by atoms with Crippen LogP contribution in [0, 0.1) is 5.41 Å². The predicted molar refractivity (Wildman–Crippen MR) is 153 cm³/mol. The molecule has 1 amide bonds. The largest absolute Gasteiger partial charge is 0.510 e. The quantitative estimate of drug-likeness (QED) is 0.282. The topological polar surface area (TPSA) is 95.7 Å². The van der Waals surface area contributed by atoms with Gasteiger partial charge >= 0.3 is 0 Å². The Morgan fingerprint density at radius 3 is 2.30 bits per heavy atom. The second-order valence-corrected chi connectivity index (χ2v) is 9.35. The van der Waals surface area contributed by atoms with Crippen molar-refractivity contribution >= 4 is 11.7 Å². The van der Waals surface area contributed by atoms with Gasteiger partial charge in [-0.1, -0.05) is 68.7 Å². The lowest BCUT2D eigenvalue weighted by Gasteiger charge is -2.39. The van der Waals surface area contributed by atoms with Crippen molar-refractivity contribution in [2.24, 2.45) is 11.1 Å². The van der Waals surface area contributed by atoms with Gasteiger partial charge in [-0.15, -0.1) is 0 Å². The lowest BCUT2D eigenvalue weighted by Crippen LogP contribution is -2.50. The lowest BCUT2D eigenvalue weighted by atomic mass is 9.76. The zero-order chi connectivity index (χ0) is 28.3. The van der Waals surface area contributed by atoms with Crippen LogP contribution in [0.1, 0.15) is 52.7 Å². The number of hydrogen-bond donors (Lipinski definition) is 3. The molecule has 0 radical (unpaired) electrons. The molecule has 4 N–H and O–H groups in total. The SMILES string of the molecule is C=C/C=C(C)\C=C(/C(=C)NC(C)C1(C)C(O)=CN(C(=O)C=C)C1C)C(C)=O.CCc1ccccc1CN. The van der Waals surface area contributed by atoms with Crippen LogP contribution in [0.3, 0.4) is 0 Å². The van der Waals surface area contributed by atoms with E-state index in [1.807, 2.05) is 33.8 Å². The summed E-state index contributed by atoms with van der Waals surface area (Å²) in [7, 11) is 0. The zero-order valence-corrected chi connectivity index (χ0v) is 23.2. The number of carbonyl (C=O) groups is 2. The van der Waals surface area contributed by atoms with E-state index in [0.717, 1.165) is 12.0 Å². The summed E-state index contributed by atoms with van der Waals surface area (Å²) in [6.07, 6.45) is 8.93. The third-order valence-corrected chi connectivity index (χ3v) is 6.99. The number of ketones is 1. The Morgan fingerprint density at radius 2 is 1.84 bits per heavy atom. The summed E-state index contributed by atoms with van der Waals surface area (Å²) >= 11 is 0. The van der Waals surface area contributed by atoms with Crippen molar-refractivity contribution < 1.29 is 14.7 Å². The minimum Gasteiger partial charge on any atom is -0.510 e. The van der Waals surface area contributed by atoms with Crippen molar-refractivity contribution in [2.45, 2.75) is 66.6 Å². The van der Waals surface area contributed by atoms with E-state index in [9.17, 15) is 14.7 Å². The minimum absolute atomic E-state index is 0.0917. The van der Waals surface area contributed by atoms with Gasteiger partial charge in [0.15, 0.2) is 5.78 Å². The molecule has 0 spiro atoms. The first-order chi connectivity index (χ1) is 17.4. The molecule has 6 nitrogen and oxygen atoms in total. The number of benzene rings is 1. The summed E-state index contributed by atoms with van der Waals surface area (Å²) < 4.78 is 0. The third-order valence-electron chi connectivity index (χ3n) is 6.99. The summed E-state index contributed by atoms with van der Waals surface area (Å²) in [6, 6.07) is 7.69. The molecule has 1 aromatic carbocycles. The van der Waals surface area contributed by atoms with E-state index in [1.54, 1.807) is 18.2 Å². The Hall–Kier alpha value is -3.64. The van der Waals surface area contributed by atoms with E-state index in [0.29, 0.717) is 17.8 Å². The number of aliphatic hydroxyl groups is 1. The third kappa shape index (κ3) is 7.67. The van der Waals surface area contributed by atoms with Crippen LogP contribution in [0.5, 0.6) is 0 Å². The second kappa shape index (κ2) is 14.2. The first kappa shape index (κ1) is 31.4. The van der Waals surface area contributed by atoms with E-state index < -0.39 is 5.41 Å². The average Bonchev–Trinajstić information content (AvgIpc) is 3.11. The monoisotopic (exact) mass is 505 g/mol. The number of nitrogens with one attached hydrogen (secondary N) is 1. The van der Waals surface area contributed by atoms with Gasteiger partial charge in [-0.05, 0) is 64.3 Å². The number of nitrogens with zero attached hydrogens (tertiary/aromatic N) is 1. The Labute approximate surface area is 222 Å². The molecule has 3 unspecified atom stereocenters. The standard InChI is InChI=1S/C22H30N2O3.C9H13N/c1-9-11-14(3)12-19(16(5)25)15(4)23-17(6)22(8)18(7)24(13-20(22)26)21(27)10-2;1-2-8-5-3-4-6-9(8)7-10/h9-13,17-18,23,26H,1-2,4H2,3,5-8H3;3-6H,2,7,10H2,1H3/b14-11-,19-12+;. The number of aryl methyl sites for hydroxylation is 1. The molecule has 6 heteroatoms. The molecule has 1 aromatic rings. The molecule has 200 valence electrons. The summed E-state index contributed by atoms with van der Waals surface area (Å²) in [5.41, 5.74) is 9.19. The molecule has 1 aliphatic rings. The van der Waals surface area contributed by atoms with Gasteiger partial charge < -0.3 is 21.1 Å². The number of Topliss-reactive ketones (excluding diaryl/α,β-unsaturated/α-hetero) is 1. The van der Waals surface area contributed by atoms with Crippen LogP contribution in [0.15, 0.2) is 97.1 Å². The Balaban J connectivity index is 0.000000568. The fraction of sp³-hybridized carbons (Fsp3) is 0.355. The van der Waals surface area contributed by atoms with Gasteiger partial charge in [0.2, 0.25) is 5.91 Å². The second-order valence-electron chi connectivity index (χ2n) is 9.35. The highest BCUT2D eigenvalue weighted by Gasteiger charge is 2.49. The molecule has 0 saturated carbocycles. The van der Waals surface area contributed by atoms with Crippen molar-refractivity contribution in [2.75, 3.05) is 0 Å². The summed E-state index contributed by atoms with van der Waals surface area (Å²) in [5, 5.41) is 13.8. The number of amides is 1. The molecule has 3 atom stereocenters. The van der Waals surface area contributed by atoms with Crippen molar-refractivity contribution in [3.05, 3.63) is 108 Å². The van der Waals surface area contributed by atoms with Gasteiger partial charge in [0.25, 0.3) is 0 Å². The molecular formula is C31H43N3O3. The van der Waals surface area contributed by atoms with E-state index in [4.69, 9.17) is 5.73 Å². The van der Waals surface area contributed by atoms with E-state index in [2.05, 4.69) is 50.2 Å². The Morgan fingerprint density at radius 1 is 1.24 bits per heavy atom. The fourth-order valence-electron chi connectivity index (χ4n) is 4.28. The summed E-state index contributed by atoms with van der Waals surface area (Å²) in [6.45, 7) is 22.9. The number of nitrogens with two attached hydrogens (primary N) is 1. The predicted octanol–water partition coefficient (Wildman–Crippen LogP) is 5.66. The van der Waals surface area contributed by atoms with E-state index in [-0.39, 0.29) is 29.5 Å². The van der Waals surface area contributed by atoms with Crippen molar-refractivity contribution in [1.82, 2.24) is 10.2 Å². The molecule has 0 bridgehead atoms. The highest BCUT2D eigenvalue weighted by molar-refractivity contribution is 5.97. The van der Waals surface area contributed by atoms with Crippen LogP contribution in [0.25, 0.3) is 0 Å². The number of carbonyl (C=O) groups excluding carboxylic acids is 2. The maximum atomic E-state index is 12.1. The number of hydrogen-bond acceptors (Lipinski definition) is 5. The normalized spacial score (nSPS) is 20.2. The van der Waals surface area contributed by atoms with Crippen LogP contribution in [-0.4, -0.2) is 33.8 Å². The van der Waals surface area contributed by atoms with Gasteiger partial charge in [-0.25, -0.2) is 0 Å². The molecule has 1 heterocycles. The molecule has 1 aliphatic heterocycles. The highest BCUT2D eigenvalue weighted by Crippen LogP contribution is 2.42. The van der Waals surface area contributed by atoms with Crippen molar-refractivity contribution in [3.63, 3.8) is 0 Å². The molecule has 0 saturated heterocycles. The summed E-state index contributed by atoms with van der Waals surface area (Å²) in [4.78, 5) is 25.6. The van der Waals surface area contributed by atoms with Gasteiger partial charge in [0, 0.05) is 36.1 Å². The van der Waals surface area contributed by atoms with Crippen molar-refractivity contribution in [1.29, 1.82) is 0 Å². The minimum atomic E-state index is -0.754. The first-order valence-electron chi connectivity index (χ1n) is 12.5. The lowest BCUT2D eigenvalue weighted by molar-refractivity contribution is -0.125. The number of rotatable bonds is 10. The van der Waals surface area contributed by atoms with Crippen molar-refractivity contribution in [3.8, 4) is 0 Å². The molecular weight excluding hydrogens is 462 g/mol. The van der Waals surface area contributed by atoms with E-state index in [1.165, 1.54) is 35.2 Å². The number of allylic oxidation sites excluding steroid dienone is 5. The van der Waals surface area contributed by atoms with Crippen LogP contribution >= 0.6 is 0 Å². The molecule has 0 fully saturated rings. The maximum absolute atomic E-state index is 12.1. The Bertz CT molecular complexity index is 1090. The highest BCUT2D eigenvalue weighted by atomic mass is 16.3. The van der Waals surface area contributed by atoms with Crippen LogP contribution in [0.2, 0.25) is 0 Å². The zero-order valence-electron chi connectivity index (χ0n) is 23.2. The van der Waals surface area contributed by atoms with E-state index >= 15 is 0 Å². The van der Waals surface area contributed by atoms with Crippen LogP contribution < -0.4 is 11.1 Å². The van der Waals surface area contributed by atoms with Crippen LogP contribution in [-0.2, 0) is 22.6 Å². The maximum Gasteiger partial charge on any atom is 0.250 e.